The zero-order chi connectivity index (χ0) is 24.9. The van der Waals surface area contributed by atoms with E-state index in [0.717, 1.165) is 17.3 Å². The number of fused-ring (bicyclic) bond motifs is 1. The van der Waals surface area contributed by atoms with Crippen LogP contribution in [0.4, 0.5) is 5.69 Å². The van der Waals surface area contributed by atoms with Crippen LogP contribution in [0, 0.1) is 11.3 Å². The highest BCUT2D eigenvalue weighted by Gasteiger charge is 2.18. The average Bonchev–Trinajstić information content (AvgIpc) is 3.39. The maximum atomic E-state index is 13.1. The van der Waals surface area contributed by atoms with Gasteiger partial charge >= 0.3 is 0 Å². The third-order valence-corrected chi connectivity index (χ3v) is 6.09. The van der Waals surface area contributed by atoms with E-state index in [1.807, 2.05) is 42.5 Å². The van der Waals surface area contributed by atoms with Crippen LogP contribution in [0.25, 0.3) is 22.4 Å². The Morgan fingerprint density at radius 2 is 1.69 bits per heavy atom. The molecule has 1 amide bonds. The molecule has 0 saturated heterocycles. The summed E-state index contributed by atoms with van der Waals surface area (Å²) in [5, 5.41) is 25.6. The van der Waals surface area contributed by atoms with Crippen molar-refractivity contribution in [2.45, 2.75) is 11.8 Å². The molecule has 3 aromatic carbocycles. The van der Waals surface area contributed by atoms with E-state index in [2.05, 4.69) is 20.6 Å². The first-order valence-corrected chi connectivity index (χ1v) is 11.9. The molecular weight excluding hydrogens is 476 g/mol. The number of hydrogen-bond donors (Lipinski definition) is 1. The molecule has 2 heterocycles. The number of carbonyl (C=O) groups excluding carboxylic acids is 1. The zero-order valence-electron chi connectivity index (χ0n) is 18.8. The summed E-state index contributed by atoms with van der Waals surface area (Å²) in [5.74, 6) is -0.0593. The van der Waals surface area contributed by atoms with Gasteiger partial charge in [0, 0.05) is 11.1 Å². The Hall–Kier alpha value is -4.75. The lowest BCUT2D eigenvalue weighted by Gasteiger charge is -2.09. The van der Waals surface area contributed by atoms with Crippen LogP contribution in [-0.2, 0) is 11.3 Å². The van der Waals surface area contributed by atoms with Gasteiger partial charge in [-0.2, -0.15) is 10.4 Å². The summed E-state index contributed by atoms with van der Waals surface area (Å²) in [7, 11) is 0. The van der Waals surface area contributed by atoms with E-state index in [0.29, 0.717) is 34.3 Å². The molecule has 0 fully saturated rings. The Labute approximate surface area is 209 Å². The lowest BCUT2D eigenvalue weighted by atomic mass is 10.1. The molecule has 1 N–H and O–H groups in total. The van der Waals surface area contributed by atoms with Crippen LogP contribution in [0.1, 0.15) is 11.1 Å². The minimum Gasteiger partial charge on any atom is -0.409 e. The normalized spacial score (nSPS) is 10.8. The van der Waals surface area contributed by atoms with Gasteiger partial charge in [-0.1, -0.05) is 60.3 Å². The molecule has 0 aliphatic rings. The fourth-order valence-corrected chi connectivity index (χ4v) is 4.14. The number of anilines is 1. The molecule has 10 heteroatoms. The lowest BCUT2D eigenvalue weighted by Crippen LogP contribution is -2.24. The minimum absolute atomic E-state index is 0.0450. The number of nitrogens with zero attached hydrogens (tertiary/aromatic N) is 5. The Morgan fingerprint density at radius 3 is 2.44 bits per heavy atom. The maximum Gasteiger partial charge on any atom is 0.277 e. The van der Waals surface area contributed by atoms with Gasteiger partial charge in [0.05, 0.1) is 29.3 Å². The van der Waals surface area contributed by atoms with E-state index in [1.54, 1.807) is 42.5 Å². The molecule has 0 atom stereocenters. The number of benzene rings is 3. The fraction of sp³-hybridized carbons (Fsp3) is 0.0769. The summed E-state index contributed by atoms with van der Waals surface area (Å²) >= 11 is 1.09. The van der Waals surface area contributed by atoms with Gasteiger partial charge in [0.15, 0.2) is 5.69 Å². The van der Waals surface area contributed by atoms with Gasteiger partial charge in [0.25, 0.3) is 16.7 Å². The second-order valence-corrected chi connectivity index (χ2v) is 8.67. The first-order valence-electron chi connectivity index (χ1n) is 10.9. The van der Waals surface area contributed by atoms with Crippen molar-refractivity contribution in [1.29, 1.82) is 5.26 Å². The molecule has 2 aromatic heterocycles. The first kappa shape index (κ1) is 23.0. The van der Waals surface area contributed by atoms with Crippen LogP contribution in [-0.4, -0.2) is 31.6 Å². The van der Waals surface area contributed by atoms with Gasteiger partial charge in [0.2, 0.25) is 5.91 Å². The molecule has 0 unspecified atom stereocenters. The van der Waals surface area contributed by atoms with Crippen molar-refractivity contribution in [3.05, 3.63) is 100 Å². The van der Waals surface area contributed by atoms with Gasteiger partial charge in [-0.3, -0.25) is 9.59 Å². The number of rotatable bonds is 7. The summed E-state index contributed by atoms with van der Waals surface area (Å²) in [4.78, 5) is 25.4. The highest BCUT2D eigenvalue weighted by atomic mass is 32.2. The largest absolute Gasteiger partial charge is 0.409 e. The van der Waals surface area contributed by atoms with E-state index in [9.17, 15) is 9.59 Å². The summed E-state index contributed by atoms with van der Waals surface area (Å²) < 4.78 is 7.18. The number of thioether (sulfide) groups is 1. The fourth-order valence-electron chi connectivity index (χ4n) is 3.57. The first-order chi connectivity index (χ1) is 17.6. The van der Waals surface area contributed by atoms with Gasteiger partial charge in [-0.25, -0.2) is 4.68 Å². The highest BCUT2D eigenvalue weighted by molar-refractivity contribution is 7.99. The topological polar surface area (TPSA) is 127 Å². The van der Waals surface area contributed by atoms with Gasteiger partial charge < -0.3 is 9.73 Å². The summed E-state index contributed by atoms with van der Waals surface area (Å²) in [6.45, 7) is 0.294. The number of nitrogens with one attached hydrogen (secondary N) is 1. The number of aromatic nitrogens is 4. The molecule has 0 saturated carbocycles. The number of hydrogen-bond acceptors (Lipinski definition) is 8. The Bertz CT molecular complexity index is 1640. The predicted molar refractivity (Wildman–Crippen MR) is 135 cm³/mol. The minimum atomic E-state index is -0.260. The van der Waals surface area contributed by atoms with E-state index in [-0.39, 0.29) is 28.3 Å². The monoisotopic (exact) mass is 494 g/mol. The van der Waals surface area contributed by atoms with Crippen molar-refractivity contribution in [2.75, 3.05) is 11.1 Å². The van der Waals surface area contributed by atoms with Crippen LogP contribution in [0.3, 0.4) is 0 Å². The van der Waals surface area contributed by atoms with Crippen molar-refractivity contribution in [3.63, 3.8) is 0 Å². The zero-order valence-corrected chi connectivity index (χ0v) is 19.6. The van der Waals surface area contributed by atoms with Crippen molar-refractivity contribution < 1.29 is 9.21 Å². The predicted octanol–water partition coefficient (Wildman–Crippen LogP) is 4.10. The van der Waals surface area contributed by atoms with Crippen molar-refractivity contribution in [2.24, 2.45) is 0 Å². The molecule has 0 spiro atoms. The van der Waals surface area contributed by atoms with Gasteiger partial charge in [-0.05, 0) is 35.9 Å². The van der Waals surface area contributed by atoms with Crippen LogP contribution < -0.4 is 10.9 Å². The maximum absolute atomic E-state index is 13.1. The van der Waals surface area contributed by atoms with E-state index < -0.39 is 0 Å². The molecule has 176 valence electrons. The summed E-state index contributed by atoms with van der Waals surface area (Å²) in [6, 6.07) is 25.3. The molecule has 0 bridgehead atoms. The van der Waals surface area contributed by atoms with Crippen LogP contribution in [0.15, 0.2) is 93.3 Å². The van der Waals surface area contributed by atoms with Crippen LogP contribution in [0.2, 0.25) is 0 Å². The summed E-state index contributed by atoms with van der Waals surface area (Å²) in [6.07, 6.45) is 0. The molecule has 9 nitrogen and oxygen atoms in total. The second-order valence-electron chi connectivity index (χ2n) is 7.74. The standard InChI is InChI=1S/C26H18N6O3S/c27-14-17-10-12-19(13-11-17)28-22(33)16-36-26-30-29-24(35-26)23-20-8-4-5-9-21(20)25(34)32(31-23)15-18-6-2-1-3-7-18/h1-13H,15-16H2,(H,28,33). The smallest absolute Gasteiger partial charge is 0.277 e. The Kier molecular flexibility index (Phi) is 6.55. The summed E-state index contributed by atoms with van der Waals surface area (Å²) in [5.41, 5.74) is 2.21. The molecule has 36 heavy (non-hydrogen) atoms. The van der Waals surface area contributed by atoms with Crippen molar-refractivity contribution in [1.82, 2.24) is 20.0 Å². The average molecular weight is 495 g/mol. The van der Waals surface area contributed by atoms with Crippen molar-refractivity contribution >= 4 is 34.1 Å². The SMILES string of the molecule is N#Cc1ccc(NC(=O)CSc2nnc(-c3nn(Cc4ccccc4)c(=O)c4ccccc34)o2)cc1. The Balaban J connectivity index is 1.36. The second kappa shape index (κ2) is 10.2. The molecule has 0 radical (unpaired) electrons. The molecule has 5 rings (SSSR count). The lowest BCUT2D eigenvalue weighted by molar-refractivity contribution is -0.113. The molecule has 0 aliphatic carbocycles. The molecular formula is C26H18N6O3S. The van der Waals surface area contributed by atoms with Gasteiger partial charge in [-0.15, -0.1) is 10.2 Å². The van der Waals surface area contributed by atoms with Crippen LogP contribution >= 0.6 is 11.8 Å². The van der Waals surface area contributed by atoms with Gasteiger partial charge in [0.1, 0.15) is 0 Å². The van der Waals surface area contributed by atoms with E-state index >= 15 is 0 Å². The van der Waals surface area contributed by atoms with E-state index in [1.165, 1.54) is 4.68 Å². The highest BCUT2D eigenvalue weighted by Crippen LogP contribution is 2.27. The van der Waals surface area contributed by atoms with Crippen molar-refractivity contribution in [3.8, 4) is 17.7 Å². The Morgan fingerprint density at radius 1 is 0.972 bits per heavy atom. The number of amides is 1. The number of carbonyl (C=O) groups is 1. The third-order valence-electron chi connectivity index (χ3n) is 5.28. The molecule has 0 aliphatic heterocycles. The molecule has 5 aromatic rings. The van der Waals surface area contributed by atoms with Crippen LogP contribution in [0.5, 0.6) is 0 Å². The quantitative estimate of drug-likeness (QED) is 0.335. The third kappa shape index (κ3) is 5.01. The number of nitriles is 1. The van der Waals surface area contributed by atoms with E-state index in [4.69, 9.17) is 9.68 Å².